The summed E-state index contributed by atoms with van der Waals surface area (Å²) < 4.78 is 5.04. The van der Waals surface area contributed by atoms with Crippen LogP contribution in [0.1, 0.15) is 19.3 Å². The van der Waals surface area contributed by atoms with E-state index in [1.165, 1.54) is 0 Å². The molecule has 1 heterocycles. The lowest BCUT2D eigenvalue weighted by Crippen LogP contribution is -2.44. The molecule has 2 N–H and O–H groups in total. The number of nitrogens with one attached hydrogen (secondary N) is 1. The predicted octanol–water partition coefficient (Wildman–Crippen LogP) is -0.758. The van der Waals surface area contributed by atoms with Crippen molar-refractivity contribution < 1.29 is 29.0 Å². The molecule has 0 radical (unpaired) electrons. The first kappa shape index (κ1) is 15.0. The number of Topliss-reactive ketones (excluding diaryl/α,β-unsaturated/α-hetero) is 1. The Morgan fingerprint density at radius 2 is 2.26 bits per heavy atom. The van der Waals surface area contributed by atoms with E-state index in [2.05, 4.69) is 10.1 Å². The van der Waals surface area contributed by atoms with Crippen molar-refractivity contribution in [3.05, 3.63) is 5.53 Å². The van der Waals surface area contributed by atoms with E-state index < -0.39 is 17.8 Å². The summed E-state index contributed by atoms with van der Waals surface area (Å²) in [6.45, 7) is 0.773. The number of aliphatic carboxylic acids is 1. The number of rotatable bonds is 7. The minimum absolute atomic E-state index is 0.0560. The largest absolute Gasteiger partial charge is 0.480 e. The Morgan fingerprint density at radius 3 is 2.79 bits per heavy atom. The minimum Gasteiger partial charge on any atom is -0.480 e. The van der Waals surface area contributed by atoms with Gasteiger partial charge in [-0.05, 0) is 12.8 Å². The zero-order valence-electron chi connectivity index (χ0n) is 10.2. The molecule has 1 fully saturated rings. The van der Waals surface area contributed by atoms with Crippen LogP contribution in [-0.2, 0) is 19.1 Å². The molecule has 1 aliphatic rings. The number of hydrogen-bond donors (Lipinski definition) is 2. The van der Waals surface area contributed by atoms with Gasteiger partial charge in [-0.15, -0.1) is 0 Å². The van der Waals surface area contributed by atoms with Gasteiger partial charge >= 0.3 is 12.2 Å². The second-order valence-corrected chi connectivity index (χ2v) is 4.21. The lowest BCUT2D eigenvalue weighted by molar-refractivity contribution is -0.142. The SMILES string of the molecule is [N-]=[N+]=CC(=O)CCC(NC(=O)C1CCOC1)C(=O)O. The van der Waals surface area contributed by atoms with Crippen LogP contribution in [0.4, 0.5) is 0 Å². The Balaban J connectivity index is 2.48. The number of carbonyl (C=O) groups is 3. The average molecular weight is 269 g/mol. The van der Waals surface area contributed by atoms with Crippen molar-refractivity contribution in [2.45, 2.75) is 25.3 Å². The molecule has 8 heteroatoms. The molecule has 0 aromatic carbocycles. The van der Waals surface area contributed by atoms with E-state index >= 15 is 0 Å². The number of amides is 1. The fourth-order valence-corrected chi connectivity index (χ4v) is 1.70. The first-order valence-corrected chi connectivity index (χ1v) is 5.85. The molecule has 1 aliphatic heterocycles. The summed E-state index contributed by atoms with van der Waals surface area (Å²) >= 11 is 0. The van der Waals surface area contributed by atoms with Crippen molar-refractivity contribution in [1.29, 1.82) is 0 Å². The molecule has 1 amide bonds. The molecule has 0 aromatic rings. The fourth-order valence-electron chi connectivity index (χ4n) is 1.70. The van der Waals surface area contributed by atoms with Gasteiger partial charge in [0.1, 0.15) is 6.04 Å². The smallest absolute Gasteiger partial charge is 0.326 e. The highest BCUT2D eigenvalue weighted by Gasteiger charge is 2.28. The summed E-state index contributed by atoms with van der Waals surface area (Å²) in [4.78, 5) is 36.3. The maximum Gasteiger partial charge on any atom is 0.326 e. The van der Waals surface area contributed by atoms with E-state index in [4.69, 9.17) is 15.4 Å². The van der Waals surface area contributed by atoms with E-state index in [1.54, 1.807) is 0 Å². The zero-order valence-corrected chi connectivity index (χ0v) is 10.2. The molecule has 2 unspecified atom stereocenters. The number of ketones is 1. The monoisotopic (exact) mass is 269 g/mol. The van der Waals surface area contributed by atoms with Crippen LogP contribution in [0.3, 0.4) is 0 Å². The second kappa shape index (κ2) is 7.40. The van der Waals surface area contributed by atoms with E-state index in [0.717, 1.165) is 0 Å². The van der Waals surface area contributed by atoms with Crippen molar-refractivity contribution in [2.75, 3.05) is 13.2 Å². The van der Waals surface area contributed by atoms with Gasteiger partial charge in [0.05, 0.1) is 12.5 Å². The van der Waals surface area contributed by atoms with Gasteiger partial charge in [-0.25, -0.2) is 4.79 Å². The van der Waals surface area contributed by atoms with Crippen LogP contribution < -0.4 is 5.32 Å². The second-order valence-electron chi connectivity index (χ2n) is 4.21. The number of carboxylic acids is 1. The van der Waals surface area contributed by atoms with Gasteiger partial charge < -0.3 is 20.7 Å². The van der Waals surface area contributed by atoms with Crippen LogP contribution in [-0.4, -0.2) is 53.0 Å². The van der Waals surface area contributed by atoms with Gasteiger partial charge in [-0.1, -0.05) is 0 Å². The van der Waals surface area contributed by atoms with Crippen molar-refractivity contribution in [3.63, 3.8) is 0 Å². The molecule has 1 saturated heterocycles. The van der Waals surface area contributed by atoms with Crippen LogP contribution in [0, 0.1) is 5.92 Å². The molecule has 0 bridgehead atoms. The highest BCUT2D eigenvalue weighted by atomic mass is 16.5. The molecule has 0 aliphatic carbocycles. The molecule has 0 aromatic heterocycles. The average Bonchev–Trinajstić information content (AvgIpc) is 2.88. The molecule has 19 heavy (non-hydrogen) atoms. The van der Waals surface area contributed by atoms with Gasteiger partial charge in [-0.2, -0.15) is 4.79 Å². The van der Waals surface area contributed by atoms with Gasteiger partial charge in [0.25, 0.3) is 0 Å². The van der Waals surface area contributed by atoms with Crippen LogP contribution >= 0.6 is 0 Å². The molecule has 2 atom stereocenters. The Kier molecular flexibility index (Phi) is 5.84. The Labute approximate surface area is 109 Å². The van der Waals surface area contributed by atoms with E-state index in [-0.39, 0.29) is 31.3 Å². The molecule has 0 spiro atoms. The summed E-state index contributed by atoms with van der Waals surface area (Å²) in [6, 6.07) is -1.14. The zero-order chi connectivity index (χ0) is 14.3. The van der Waals surface area contributed by atoms with Gasteiger partial charge in [0.15, 0.2) is 0 Å². The highest BCUT2D eigenvalue weighted by molar-refractivity contribution is 6.25. The maximum atomic E-state index is 11.7. The first-order valence-electron chi connectivity index (χ1n) is 5.85. The van der Waals surface area contributed by atoms with Crippen LogP contribution in [0.25, 0.3) is 5.53 Å². The maximum absolute atomic E-state index is 11.7. The summed E-state index contributed by atoms with van der Waals surface area (Å²) in [5.41, 5.74) is 8.15. The Hall–Kier alpha value is -2.05. The summed E-state index contributed by atoms with van der Waals surface area (Å²) in [7, 11) is 0. The molecule has 1 rings (SSSR count). The van der Waals surface area contributed by atoms with Crippen LogP contribution in [0.15, 0.2) is 0 Å². The standard InChI is InChI=1S/C11H15N3O5/c12-13-5-8(15)1-2-9(11(17)18)14-10(16)7-3-4-19-6-7/h5,7,9H,1-4,6H2,(H,14,16)(H,17,18). The number of nitrogens with zero attached hydrogens (tertiary/aromatic N) is 2. The number of carbonyl (C=O) groups excluding carboxylic acids is 2. The molecule has 8 nitrogen and oxygen atoms in total. The quantitative estimate of drug-likeness (QED) is 0.356. The number of hydrogen-bond acceptors (Lipinski definition) is 4. The Morgan fingerprint density at radius 1 is 1.53 bits per heavy atom. The van der Waals surface area contributed by atoms with Gasteiger partial charge in [-0.3, -0.25) is 9.59 Å². The van der Waals surface area contributed by atoms with Crippen molar-refractivity contribution >= 4 is 23.9 Å². The van der Waals surface area contributed by atoms with Gasteiger partial charge in [0.2, 0.25) is 11.7 Å². The number of carboxylic acid groups (broad SMARTS) is 1. The molecular weight excluding hydrogens is 254 g/mol. The van der Waals surface area contributed by atoms with Crippen molar-refractivity contribution in [1.82, 2.24) is 5.32 Å². The topological polar surface area (TPSA) is 129 Å². The number of ether oxygens (including phenoxy) is 1. The fraction of sp³-hybridized carbons (Fsp3) is 0.636. The first-order chi connectivity index (χ1) is 9.04. The normalized spacial score (nSPS) is 19.3. The molecule has 104 valence electrons. The summed E-state index contributed by atoms with van der Waals surface area (Å²) in [5, 5.41) is 11.3. The van der Waals surface area contributed by atoms with E-state index in [0.29, 0.717) is 19.2 Å². The Bertz CT molecular complexity index is 411. The molecule has 0 saturated carbocycles. The van der Waals surface area contributed by atoms with Gasteiger partial charge in [0, 0.05) is 13.0 Å². The van der Waals surface area contributed by atoms with Crippen LogP contribution in [0.2, 0.25) is 0 Å². The molecular formula is C11H15N3O5. The third kappa shape index (κ3) is 4.99. The van der Waals surface area contributed by atoms with Crippen molar-refractivity contribution in [3.8, 4) is 0 Å². The van der Waals surface area contributed by atoms with Crippen molar-refractivity contribution in [2.24, 2.45) is 5.92 Å². The minimum atomic E-state index is -1.21. The van der Waals surface area contributed by atoms with Crippen LogP contribution in [0.5, 0.6) is 0 Å². The summed E-state index contributed by atoms with van der Waals surface area (Å²) in [5.74, 6) is -2.43. The predicted molar refractivity (Wildman–Crippen MR) is 62.4 cm³/mol. The lowest BCUT2D eigenvalue weighted by Gasteiger charge is -2.15. The van der Waals surface area contributed by atoms with E-state index in [9.17, 15) is 14.4 Å². The third-order valence-corrected chi connectivity index (χ3v) is 2.80. The summed E-state index contributed by atoms with van der Waals surface area (Å²) in [6.07, 6.45) is 1.09. The van der Waals surface area contributed by atoms with E-state index in [1.807, 2.05) is 0 Å². The third-order valence-electron chi connectivity index (χ3n) is 2.80. The highest BCUT2D eigenvalue weighted by Crippen LogP contribution is 2.13. The lowest BCUT2D eigenvalue weighted by atomic mass is 10.1.